The monoisotopic (exact) mass is 402 g/mol. The van der Waals surface area contributed by atoms with Crippen LogP contribution in [0.15, 0.2) is 40.9 Å². The molecule has 2 aromatic carbocycles. The fourth-order valence-electron chi connectivity index (χ4n) is 1.79. The van der Waals surface area contributed by atoms with Crippen LogP contribution in [-0.2, 0) is 11.9 Å². The Morgan fingerprint density at radius 2 is 1.95 bits per heavy atom. The molecule has 0 aliphatic rings. The van der Waals surface area contributed by atoms with E-state index < -0.39 is 0 Å². The van der Waals surface area contributed by atoms with E-state index >= 15 is 0 Å². The number of halogens is 3. The van der Waals surface area contributed by atoms with Crippen molar-refractivity contribution in [2.75, 3.05) is 7.11 Å². The Balaban J connectivity index is 2.24. The smallest absolute Gasteiger partial charge is 0.165 e. The molecule has 0 aromatic heterocycles. The van der Waals surface area contributed by atoms with Gasteiger partial charge in [-0.15, -0.1) is 0 Å². The molecule has 0 radical (unpaired) electrons. The first-order valence-corrected chi connectivity index (χ1v) is 7.85. The summed E-state index contributed by atoms with van der Waals surface area (Å²) in [5.74, 6) is 0.979. The molecular weight excluding hydrogens is 391 g/mol. The minimum Gasteiger partial charge on any atom is -0.493 e. The van der Waals surface area contributed by atoms with Crippen molar-refractivity contribution in [3.05, 3.63) is 57.8 Å². The molecule has 0 fully saturated rings. The van der Waals surface area contributed by atoms with E-state index in [0.717, 1.165) is 10.0 Å². The highest BCUT2D eigenvalue weighted by molar-refractivity contribution is 9.10. The summed E-state index contributed by atoms with van der Waals surface area (Å²) in [4.78, 5) is 0. The second kappa shape index (κ2) is 7.09. The normalized spacial score (nSPS) is 10.4. The minimum absolute atomic E-state index is 0.144. The van der Waals surface area contributed by atoms with E-state index in [0.29, 0.717) is 22.4 Å². The summed E-state index contributed by atoms with van der Waals surface area (Å²) in [5.41, 5.74) is 1.45. The first-order valence-electron chi connectivity index (χ1n) is 5.94. The average molecular weight is 404 g/mol. The quantitative estimate of drug-likeness (QED) is 0.648. The highest BCUT2D eigenvalue weighted by atomic mass is 79.9. The van der Waals surface area contributed by atoms with E-state index in [2.05, 4.69) is 31.9 Å². The standard InChI is InChI=1S/C15H13Br2FO2/c1-19-14-4-2-3-10(8-16)15(14)20-9-11-7-12(17)5-6-13(11)18/h2-7H,8-9H2,1H3. The van der Waals surface area contributed by atoms with Crippen LogP contribution in [0.4, 0.5) is 4.39 Å². The maximum Gasteiger partial charge on any atom is 0.165 e. The van der Waals surface area contributed by atoms with Gasteiger partial charge in [0.1, 0.15) is 12.4 Å². The lowest BCUT2D eigenvalue weighted by Gasteiger charge is -2.14. The zero-order valence-corrected chi connectivity index (χ0v) is 14.0. The van der Waals surface area contributed by atoms with Gasteiger partial charge in [-0.2, -0.15) is 0 Å². The third-order valence-corrected chi connectivity index (χ3v) is 3.90. The van der Waals surface area contributed by atoms with Gasteiger partial charge in [-0.25, -0.2) is 4.39 Å². The maximum absolute atomic E-state index is 13.7. The molecule has 0 aliphatic heterocycles. The molecule has 0 saturated carbocycles. The van der Waals surface area contributed by atoms with Crippen molar-refractivity contribution in [3.8, 4) is 11.5 Å². The summed E-state index contributed by atoms with van der Waals surface area (Å²) >= 11 is 6.73. The van der Waals surface area contributed by atoms with Gasteiger partial charge in [0.15, 0.2) is 11.5 Å². The van der Waals surface area contributed by atoms with E-state index in [1.165, 1.54) is 6.07 Å². The van der Waals surface area contributed by atoms with E-state index in [-0.39, 0.29) is 12.4 Å². The number of benzene rings is 2. The molecule has 2 rings (SSSR count). The largest absolute Gasteiger partial charge is 0.493 e. The van der Waals surface area contributed by atoms with Gasteiger partial charge in [0.2, 0.25) is 0 Å². The second-order valence-electron chi connectivity index (χ2n) is 4.11. The van der Waals surface area contributed by atoms with Gasteiger partial charge in [-0.3, -0.25) is 0 Å². The Morgan fingerprint density at radius 1 is 1.15 bits per heavy atom. The maximum atomic E-state index is 13.7. The first kappa shape index (κ1) is 15.3. The molecule has 0 aliphatic carbocycles. The molecule has 0 N–H and O–H groups in total. The predicted octanol–water partition coefficient (Wildman–Crippen LogP) is 5.07. The fourth-order valence-corrected chi connectivity index (χ4v) is 2.64. The molecular formula is C15H13Br2FO2. The topological polar surface area (TPSA) is 18.5 Å². The van der Waals surface area contributed by atoms with E-state index in [1.807, 2.05) is 18.2 Å². The predicted molar refractivity (Wildman–Crippen MR) is 84.1 cm³/mol. The number of rotatable bonds is 5. The van der Waals surface area contributed by atoms with Crippen molar-refractivity contribution < 1.29 is 13.9 Å². The summed E-state index contributed by atoms with van der Waals surface area (Å²) in [5, 5.41) is 0.639. The molecule has 0 heterocycles. The van der Waals surface area contributed by atoms with Crippen molar-refractivity contribution in [1.82, 2.24) is 0 Å². The van der Waals surface area contributed by atoms with Crippen molar-refractivity contribution in [3.63, 3.8) is 0 Å². The molecule has 0 atom stereocenters. The molecule has 0 amide bonds. The lowest BCUT2D eigenvalue weighted by molar-refractivity contribution is 0.277. The Morgan fingerprint density at radius 3 is 2.65 bits per heavy atom. The van der Waals surface area contributed by atoms with Crippen LogP contribution in [0.3, 0.4) is 0 Å². The van der Waals surface area contributed by atoms with Crippen molar-refractivity contribution in [2.24, 2.45) is 0 Å². The fraction of sp³-hybridized carbons (Fsp3) is 0.200. The highest BCUT2D eigenvalue weighted by Crippen LogP contribution is 2.33. The average Bonchev–Trinajstić information content (AvgIpc) is 2.47. The van der Waals surface area contributed by atoms with E-state index in [9.17, 15) is 4.39 Å². The Bertz CT molecular complexity index is 580. The van der Waals surface area contributed by atoms with Gasteiger partial charge in [0.05, 0.1) is 7.11 Å². The van der Waals surface area contributed by atoms with Crippen LogP contribution in [0, 0.1) is 5.82 Å². The number of hydrogen-bond acceptors (Lipinski definition) is 2. The second-order valence-corrected chi connectivity index (χ2v) is 5.58. The third kappa shape index (κ3) is 3.52. The van der Waals surface area contributed by atoms with Gasteiger partial charge in [-0.05, 0) is 24.3 Å². The van der Waals surface area contributed by atoms with Gasteiger partial charge >= 0.3 is 0 Å². The van der Waals surface area contributed by atoms with Crippen LogP contribution >= 0.6 is 31.9 Å². The summed E-state index contributed by atoms with van der Waals surface area (Å²) in [6.07, 6.45) is 0. The molecule has 0 spiro atoms. The molecule has 2 nitrogen and oxygen atoms in total. The number of para-hydroxylation sites is 1. The van der Waals surface area contributed by atoms with Gasteiger partial charge < -0.3 is 9.47 Å². The van der Waals surface area contributed by atoms with Crippen LogP contribution in [0.5, 0.6) is 11.5 Å². The molecule has 0 saturated heterocycles. The van der Waals surface area contributed by atoms with Gasteiger partial charge in [0.25, 0.3) is 0 Å². The molecule has 20 heavy (non-hydrogen) atoms. The third-order valence-electron chi connectivity index (χ3n) is 2.80. The van der Waals surface area contributed by atoms with Crippen molar-refractivity contribution in [1.29, 1.82) is 0 Å². The zero-order valence-electron chi connectivity index (χ0n) is 10.8. The SMILES string of the molecule is COc1cccc(CBr)c1OCc1cc(Br)ccc1F. The van der Waals surface area contributed by atoms with Crippen LogP contribution in [0.25, 0.3) is 0 Å². The summed E-state index contributed by atoms with van der Waals surface area (Å²) < 4.78 is 25.6. The van der Waals surface area contributed by atoms with E-state index in [1.54, 1.807) is 19.2 Å². The van der Waals surface area contributed by atoms with Gasteiger partial charge in [-0.1, -0.05) is 44.0 Å². The Labute approximate surface area is 134 Å². The molecule has 2 aromatic rings. The zero-order chi connectivity index (χ0) is 14.5. The summed E-state index contributed by atoms with van der Waals surface area (Å²) in [7, 11) is 1.58. The Kier molecular flexibility index (Phi) is 5.43. The number of ether oxygens (including phenoxy) is 2. The van der Waals surface area contributed by atoms with Crippen molar-refractivity contribution in [2.45, 2.75) is 11.9 Å². The number of alkyl halides is 1. The Hall–Kier alpha value is -1.07. The molecule has 5 heteroatoms. The van der Waals surface area contributed by atoms with Crippen LogP contribution in [-0.4, -0.2) is 7.11 Å². The summed E-state index contributed by atoms with van der Waals surface area (Å²) in [6.45, 7) is 0.144. The first-order chi connectivity index (χ1) is 9.65. The van der Waals surface area contributed by atoms with Crippen LogP contribution < -0.4 is 9.47 Å². The minimum atomic E-state index is -0.288. The summed E-state index contributed by atoms with van der Waals surface area (Å²) in [6, 6.07) is 10.4. The molecule has 0 bridgehead atoms. The van der Waals surface area contributed by atoms with Gasteiger partial charge in [0, 0.05) is 20.9 Å². The van der Waals surface area contributed by atoms with Crippen LogP contribution in [0.1, 0.15) is 11.1 Å². The lowest BCUT2D eigenvalue weighted by atomic mass is 10.2. The molecule has 106 valence electrons. The van der Waals surface area contributed by atoms with E-state index in [4.69, 9.17) is 9.47 Å². The number of hydrogen-bond donors (Lipinski definition) is 0. The number of methoxy groups -OCH3 is 1. The molecule has 0 unspecified atom stereocenters. The highest BCUT2D eigenvalue weighted by Gasteiger charge is 2.11. The van der Waals surface area contributed by atoms with Crippen molar-refractivity contribution >= 4 is 31.9 Å². The lowest BCUT2D eigenvalue weighted by Crippen LogP contribution is -2.02. The van der Waals surface area contributed by atoms with Crippen LogP contribution in [0.2, 0.25) is 0 Å².